The Morgan fingerprint density at radius 1 is 1.30 bits per heavy atom. The first kappa shape index (κ1) is 20.6. The first-order chi connectivity index (χ1) is 14.4. The molecular weight excluding hydrogens is 386 g/mol. The largest absolute Gasteiger partial charge is 0.465 e. The zero-order valence-corrected chi connectivity index (χ0v) is 17.7. The SMILES string of the molecule is Cc1cc(CN2CCN(C(=O)O)[C@@H](C)C2)c(C)c(Nc2nnc([C@@H]3CCOC3)o2)c1. The van der Waals surface area contributed by atoms with Gasteiger partial charge in [0, 0.05) is 44.5 Å². The number of hydrogen-bond acceptors (Lipinski definition) is 7. The minimum absolute atomic E-state index is 0.0182. The number of anilines is 2. The molecule has 9 heteroatoms. The van der Waals surface area contributed by atoms with Crippen molar-refractivity contribution < 1.29 is 19.1 Å². The predicted molar refractivity (Wildman–Crippen MR) is 111 cm³/mol. The molecule has 1 aromatic heterocycles. The molecule has 3 heterocycles. The van der Waals surface area contributed by atoms with Crippen molar-refractivity contribution in [2.24, 2.45) is 0 Å². The van der Waals surface area contributed by atoms with E-state index in [-0.39, 0.29) is 12.0 Å². The van der Waals surface area contributed by atoms with Crippen LogP contribution in [0.5, 0.6) is 0 Å². The molecule has 2 aromatic rings. The van der Waals surface area contributed by atoms with Gasteiger partial charge < -0.3 is 24.5 Å². The molecule has 0 bridgehead atoms. The molecule has 2 N–H and O–H groups in total. The van der Waals surface area contributed by atoms with Gasteiger partial charge in [0.15, 0.2) is 0 Å². The predicted octanol–water partition coefficient (Wildman–Crippen LogP) is 3.12. The Labute approximate surface area is 176 Å². The minimum Gasteiger partial charge on any atom is -0.465 e. The summed E-state index contributed by atoms with van der Waals surface area (Å²) in [5, 5.41) is 20.9. The Hall–Kier alpha value is -2.65. The summed E-state index contributed by atoms with van der Waals surface area (Å²) in [7, 11) is 0. The van der Waals surface area contributed by atoms with E-state index in [1.54, 1.807) is 0 Å². The number of hydrogen-bond donors (Lipinski definition) is 2. The van der Waals surface area contributed by atoms with Crippen molar-refractivity contribution in [3.8, 4) is 0 Å². The second-order valence-electron chi connectivity index (χ2n) is 8.29. The lowest BCUT2D eigenvalue weighted by Gasteiger charge is -2.38. The summed E-state index contributed by atoms with van der Waals surface area (Å²) < 4.78 is 11.2. The summed E-state index contributed by atoms with van der Waals surface area (Å²) in [4.78, 5) is 15.1. The van der Waals surface area contributed by atoms with Gasteiger partial charge >= 0.3 is 12.1 Å². The van der Waals surface area contributed by atoms with Crippen LogP contribution >= 0.6 is 0 Å². The molecule has 0 aliphatic carbocycles. The number of nitrogens with zero attached hydrogens (tertiary/aromatic N) is 4. The van der Waals surface area contributed by atoms with Crippen LogP contribution in [0.4, 0.5) is 16.5 Å². The topological polar surface area (TPSA) is 104 Å². The minimum atomic E-state index is -0.844. The Morgan fingerprint density at radius 2 is 2.13 bits per heavy atom. The Kier molecular flexibility index (Phi) is 5.92. The van der Waals surface area contributed by atoms with E-state index in [0.717, 1.165) is 49.5 Å². The maximum absolute atomic E-state index is 11.3. The highest BCUT2D eigenvalue weighted by Gasteiger charge is 2.27. The van der Waals surface area contributed by atoms with Crippen LogP contribution in [0.15, 0.2) is 16.5 Å². The van der Waals surface area contributed by atoms with Crippen molar-refractivity contribution >= 4 is 17.8 Å². The third-order valence-electron chi connectivity index (χ3n) is 5.97. The molecule has 0 saturated carbocycles. The van der Waals surface area contributed by atoms with Crippen LogP contribution in [0.2, 0.25) is 0 Å². The third kappa shape index (κ3) is 4.41. The van der Waals surface area contributed by atoms with E-state index in [4.69, 9.17) is 9.15 Å². The smallest absolute Gasteiger partial charge is 0.407 e. The van der Waals surface area contributed by atoms with Crippen molar-refractivity contribution in [2.45, 2.75) is 45.7 Å². The number of piperazine rings is 1. The highest BCUT2D eigenvalue weighted by atomic mass is 16.5. The van der Waals surface area contributed by atoms with Crippen LogP contribution in [-0.4, -0.2) is 70.1 Å². The number of aryl methyl sites for hydroxylation is 1. The van der Waals surface area contributed by atoms with E-state index in [1.165, 1.54) is 10.5 Å². The third-order valence-corrected chi connectivity index (χ3v) is 5.97. The fourth-order valence-corrected chi connectivity index (χ4v) is 4.22. The quantitative estimate of drug-likeness (QED) is 0.768. The van der Waals surface area contributed by atoms with Crippen LogP contribution in [0, 0.1) is 13.8 Å². The van der Waals surface area contributed by atoms with Gasteiger partial charge in [-0.15, -0.1) is 5.10 Å². The summed E-state index contributed by atoms with van der Waals surface area (Å²) in [6, 6.07) is 4.63. The van der Waals surface area contributed by atoms with Crippen molar-refractivity contribution in [1.82, 2.24) is 20.0 Å². The van der Waals surface area contributed by atoms with Gasteiger partial charge in [0.1, 0.15) is 0 Å². The van der Waals surface area contributed by atoms with Gasteiger partial charge in [0.25, 0.3) is 0 Å². The molecular formula is C21H29N5O4. The van der Waals surface area contributed by atoms with Crippen LogP contribution < -0.4 is 5.32 Å². The zero-order valence-electron chi connectivity index (χ0n) is 17.7. The molecule has 0 spiro atoms. The first-order valence-electron chi connectivity index (χ1n) is 10.4. The summed E-state index contributed by atoms with van der Waals surface area (Å²) >= 11 is 0. The summed E-state index contributed by atoms with van der Waals surface area (Å²) in [6.07, 6.45) is 0.0616. The second-order valence-corrected chi connectivity index (χ2v) is 8.29. The lowest BCUT2D eigenvalue weighted by Crippen LogP contribution is -2.53. The number of nitrogens with one attached hydrogen (secondary N) is 1. The molecule has 9 nitrogen and oxygen atoms in total. The highest BCUT2D eigenvalue weighted by Crippen LogP contribution is 2.29. The maximum Gasteiger partial charge on any atom is 0.407 e. The van der Waals surface area contributed by atoms with Gasteiger partial charge in [0.2, 0.25) is 5.89 Å². The normalized spacial score (nSPS) is 22.4. The average molecular weight is 415 g/mol. The number of rotatable bonds is 5. The molecule has 2 atom stereocenters. The van der Waals surface area contributed by atoms with Crippen LogP contribution in [0.1, 0.15) is 41.8 Å². The van der Waals surface area contributed by atoms with Gasteiger partial charge in [0.05, 0.1) is 12.5 Å². The molecule has 4 rings (SSSR count). The Balaban J connectivity index is 1.46. The van der Waals surface area contributed by atoms with Gasteiger partial charge in [-0.3, -0.25) is 4.90 Å². The van der Waals surface area contributed by atoms with E-state index in [9.17, 15) is 9.90 Å². The molecule has 2 saturated heterocycles. The van der Waals surface area contributed by atoms with Gasteiger partial charge in [-0.25, -0.2) is 4.79 Å². The summed E-state index contributed by atoms with van der Waals surface area (Å²) in [6.45, 7) is 10.2. The Morgan fingerprint density at radius 3 is 2.83 bits per heavy atom. The lowest BCUT2D eigenvalue weighted by atomic mass is 10.0. The number of carbonyl (C=O) groups is 1. The molecule has 1 aromatic carbocycles. The van der Waals surface area contributed by atoms with Gasteiger partial charge in [-0.05, 0) is 49.9 Å². The van der Waals surface area contributed by atoms with E-state index in [1.807, 2.05) is 6.92 Å². The molecule has 1 amide bonds. The molecule has 162 valence electrons. The highest BCUT2D eigenvalue weighted by molar-refractivity contribution is 5.65. The second kappa shape index (κ2) is 8.61. The zero-order chi connectivity index (χ0) is 21.3. The standard InChI is InChI=1S/C21H29N5O4/c1-13-8-17(11-25-5-6-26(21(27)28)14(2)10-25)15(3)18(9-13)22-20-24-23-19(30-20)16-4-7-29-12-16/h8-9,14,16H,4-7,10-12H2,1-3H3,(H,22,24)(H,27,28)/t14-,16+/m0/s1. The Bertz CT molecular complexity index is 909. The average Bonchev–Trinajstić information content (AvgIpc) is 3.37. The number of benzene rings is 1. The molecule has 2 fully saturated rings. The monoisotopic (exact) mass is 415 g/mol. The van der Waals surface area contributed by atoms with E-state index in [0.29, 0.717) is 25.1 Å². The molecule has 0 unspecified atom stereocenters. The molecule has 2 aliphatic rings. The van der Waals surface area contributed by atoms with Crippen molar-refractivity contribution in [3.63, 3.8) is 0 Å². The molecule has 2 aliphatic heterocycles. The number of carboxylic acid groups (broad SMARTS) is 1. The van der Waals surface area contributed by atoms with Gasteiger partial charge in [-0.2, -0.15) is 0 Å². The summed E-state index contributed by atoms with van der Waals surface area (Å²) in [5.74, 6) is 0.791. The fourth-order valence-electron chi connectivity index (χ4n) is 4.22. The van der Waals surface area contributed by atoms with Gasteiger partial charge in [-0.1, -0.05) is 11.2 Å². The fraction of sp³-hybridized carbons (Fsp3) is 0.571. The maximum atomic E-state index is 11.3. The number of amides is 1. The molecule has 30 heavy (non-hydrogen) atoms. The molecule has 0 radical (unpaired) electrons. The first-order valence-corrected chi connectivity index (χ1v) is 10.4. The van der Waals surface area contributed by atoms with Crippen LogP contribution in [-0.2, 0) is 11.3 Å². The van der Waals surface area contributed by atoms with Crippen LogP contribution in [0.3, 0.4) is 0 Å². The van der Waals surface area contributed by atoms with Crippen molar-refractivity contribution in [1.29, 1.82) is 0 Å². The van der Waals surface area contributed by atoms with E-state index in [2.05, 4.69) is 46.4 Å². The number of ether oxygens (including phenoxy) is 1. The van der Waals surface area contributed by atoms with E-state index < -0.39 is 6.09 Å². The van der Waals surface area contributed by atoms with E-state index >= 15 is 0 Å². The van der Waals surface area contributed by atoms with Crippen molar-refractivity contribution in [3.05, 3.63) is 34.7 Å². The van der Waals surface area contributed by atoms with Crippen LogP contribution in [0.25, 0.3) is 0 Å². The number of aromatic nitrogens is 2. The van der Waals surface area contributed by atoms with Crippen molar-refractivity contribution in [2.75, 3.05) is 38.2 Å². The summed E-state index contributed by atoms with van der Waals surface area (Å²) in [5.41, 5.74) is 4.41. The lowest BCUT2D eigenvalue weighted by molar-refractivity contribution is 0.0710.